The molecule has 0 aromatic heterocycles. The first-order chi connectivity index (χ1) is 13.3. The summed E-state index contributed by atoms with van der Waals surface area (Å²) >= 11 is 0. The van der Waals surface area contributed by atoms with Crippen molar-refractivity contribution in [2.24, 2.45) is 16.3 Å². The molecule has 3 saturated carbocycles. The Morgan fingerprint density at radius 1 is 0.964 bits per heavy atom. The van der Waals surface area contributed by atoms with E-state index in [2.05, 4.69) is 20.5 Å². The van der Waals surface area contributed by atoms with Gasteiger partial charge in [-0.15, -0.1) is 24.0 Å². The normalized spacial score (nSPS) is 36.2. The highest BCUT2D eigenvalue weighted by molar-refractivity contribution is 14.0. The molecular weight excluding hydrogens is 463 g/mol. The number of hydrogen-bond acceptors (Lipinski definition) is 3. The van der Waals surface area contributed by atoms with Crippen LogP contribution in [0.1, 0.15) is 70.6 Å². The molecule has 2 N–H and O–H groups in total. The molecule has 0 aromatic rings. The Labute approximate surface area is 187 Å². The average Bonchev–Trinajstić information content (AvgIpc) is 3.10. The largest absolute Gasteiger partial charge is 0.377 e. The SMILES string of the molecule is CN=C(NC1CCN(C2CCCCC2)CC1)NC1C2CCOC2C12CCC2.I. The van der Waals surface area contributed by atoms with Gasteiger partial charge in [-0.05, 0) is 44.9 Å². The summed E-state index contributed by atoms with van der Waals surface area (Å²) in [6, 6.07) is 2.02. The number of nitrogens with one attached hydrogen (secondary N) is 2. The van der Waals surface area contributed by atoms with Gasteiger partial charge in [-0.3, -0.25) is 4.99 Å². The Kier molecular flexibility index (Phi) is 6.77. The van der Waals surface area contributed by atoms with Crippen LogP contribution in [0.4, 0.5) is 0 Å². The highest BCUT2D eigenvalue weighted by Gasteiger charge is 2.66. The Balaban J connectivity index is 0.00000192. The number of fused-ring (bicyclic) bond motifs is 2. The molecule has 0 aromatic carbocycles. The average molecular weight is 502 g/mol. The number of nitrogens with zero attached hydrogens (tertiary/aromatic N) is 2. The number of halogens is 1. The predicted molar refractivity (Wildman–Crippen MR) is 124 cm³/mol. The second kappa shape index (κ2) is 8.96. The fourth-order valence-corrected chi connectivity index (χ4v) is 6.82. The molecule has 0 bridgehead atoms. The van der Waals surface area contributed by atoms with Gasteiger partial charge in [0.15, 0.2) is 5.96 Å². The van der Waals surface area contributed by atoms with Gasteiger partial charge in [0.2, 0.25) is 0 Å². The molecular formula is C22H39IN4O. The first kappa shape index (κ1) is 21.2. The highest BCUT2D eigenvalue weighted by Crippen LogP contribution is 2.62. The van der Waals surface area contributed by atoms with E-state index in [0.29, 0.717) is 29.5 Å². The Hall–Kier alpha value is -0.0800. The van der Waals surface area contributed by atoms with Crippen molar-refractivity contribution in [2.45, 2.75) is 94.9 Å². The number of guanidine groups is 1. The van der Waals surface area contributed by atoms with Crippen LogP contribution in [-0.2, 0) is 4.74 Å². The molecule has 1 spiro atoms. The van der Waals surface area contributed by atoms with Crippen LogP contribution in [0.15, 0.2) is 4.99 Å². The van der Waals surface area contributed by atoms with Crippen molar-refractivity contribution >= 4 is 29.9 Å². The summed E-state index contributed by atoms with van der Waals surface area (Å²) < 4.78 is 6.07. The third kappa shape index (κ3) is 3.70. The number of aliphatic imine (C=N–C) groups is 1. The summed E-state index contributed by atoms with van der Waals surface area (Å²) in [6.07, 6.45) is 15.5. The predicted octanol–water partition coefficient (Wildman–Crippen LogP) is 3.52. The maximum atomic E-state index is 6.07. The van der Waals surface area contributed by atoms with Gasteiger partial charge in [-0.2, -0.15) is 0 Å². The molecule has 3 atom stereocenters. The van der Waals surface area contributed by atoms with Crippen LogP contribution < -0.4 is 10.6 Å². The molecule has 160 valence electrons. The van der Waals surface area contributed by atoms with Gasteiger partial charge >= 0.3 is 0 Å². The van der Waals surface area contributed by atoms with Gasteiger partial charge in [0.05, 0.1) is 6.10 Å². The zero-order valence-electron chi connectivity index (χ0n) is 17.5. The summed E-state index contributed by atoms with van der Waals surface area (Å²) in [5.41, 5.74) is 0.420. The van der Waals surface area contributed by atoms with Gasteiger partial charge in [0, 0.05) is 56.2 Å². The molecule has 0 radical (unpaired) electrons. The molecule has 2 saturated heterocycles. The van der Waals surface area contributed by atoms with E-state index < -0.39 is 0 Å². The molecule has 2 heterocycles. The molecule has 2 aliphatic heterocycles. The van der Waals surface area contributed by atoms with E-state index in [9.17, 15) is 0 Å². The molecule has 5 rings (SSSR count). The van der Waals surface area contributed by atoms with Gasteiger partial charge in [0.25, 0.3) is 0 Å². The zero-order chi connectivity index (χ0) is 18.3. The van der Waals surface area contributed by atoms with E-state index in [1.54, 1.807) is 0 Å². The maximum Gasteiger partial charge on any atom is 0.191 e. The second-order valence-corrected chi connectivity index (χ2v) is 9.77. The zero-order valence-corrected chi connectivity index (χ0v) is 19.8. The van der Waals surface area contributed by atoms with Crippen LogP contribution in [-0.4, -0.2) is 61.8 Å². The molecule has 6 heteroatoms. The first-order valence-electron chi connectivity index (χ1n) is 11.7. The Morgan fingerprint density at radius 3 is 2.36 bits per heavy atom. The van der Waals surface area contributed by atoms with Crippen molar-refractivity contribution in [3.05, 3.63) is 0 Å². The smallest absolute Gasteiger partial charge is 0.191 e. The maximum absolute atomic E-state index is 6.07. The summed E-state index contributed by atoms with van der Waals surface area (Å²) in [5.74, 6) is 1.74. The number of piperidine rings is 1. The van der Waals surface area contributed by atoms with Crippen molar-refractivity contribution in [3.8, 4) is 0 Å². The van der Waals surface area contributed by atoms with E-state index in [-0.39, 0.29) is 24.0 Å². The Bertz CT molecular complexity index is 553. The number of rotatable bonds is 3. The van der Waals surface area contributed by atoms with Crippen molar-refractivity contribution in [2.75, 3.05) is 26.7 Å². The molecule has 5 nitrogen and oxygen atoms in total. The fraction of sp³-hybridized carbons (Fsp3) is 0.955. The lowest BCUT2D eigenvalue weighted by atomic mass is 9.46. The molecule has 5 fully saturated rings. The third-order valence-electron chi connectivity index (χ3n) is 8.51. The number of hydrogen-bond donors (Lipinski definition) is 2. The van der Waals surface area contributed by atoms with Crippen LogP contribution in [0, 0.1) is 11.3 Å². The molecule has 0 amide bonds. The van der Waals surface area contributed by atoms with E-state index in [1.807, 2.05) is 7.05 Å². The van der Waals surface area contributed by atoms with Crippen molar-refractivity contribution in [1.29, 1.82) is 0 Å². The van der Waals surface area contributed by atoms with Crippen LogP contribution in [0.25, 0.3) is 0 Å². The first-order valence-corrected chi connectivity index (χ1v) is 11.7. The summed E-state index contributed by atoms with van der Waals surface area (Å²) in [5, 5.41) is 7.60. The lowest BCUT2D eigenvalue weighted by Crippen LogP contribution is -2.72. The second-order valence-electron chi connectivity index (χ2n) is 9.77. The van der Waals surface area contributed by atoms with Crippen molar-refractivity contribution < 1.29 is 4.74 Å². The minimum Gasteiger partial charge on any atom is -0.377 e. The monoisotopic (exact) mass is 502 g/mol. The van der Waals surface area contributed by atoms with Gasteiger partial charge in [-0.1, -0.05) is 25.7 Å². The van der Waals surface area contributed by atoms with Gasteiger partial charge < -0.3 is 20.3 Å². The highest BCUT2D eigenvalue weighted by atomic mass is 127. The lowest BCUT2D eigenvalue weighted by Gasteiger charge is -2.63. The minimum absolute atomic E-state index is 0. The van der Waals surface area contributed by atoms with Gasteiger partial charge in [-0.25, -0.2) is 0 Å². The molecule has 3 unspecified atom stereocenters. The van der Waals surface area contributed by atoms with E-state index in [1.165, 1.54) is 83.7 Å². The topological polar surface area (TPSA) is 48.9 Å². The fourth-order valence-electron chi connectivity index (χ4n) is 6.82. The number of ether oxygens (including phenoxy) is 1. The van der Waals surface area contributed by atoms with Crippen molar-refractivity contribution in [3.63, 3.8) is 0 Å². The summed E-state index contributed by atoms with van der Waals surface area (Å²) in [4.78, 5) is 7.36. The Morgan fingerprint density at radius 2 is 1.71 bits per heavy atom. The molecule has 5 aliphatic rings. The quantitative estimate of drug-likeness (QED) is 0.352. The van der Waals surface area contributed by atoms with Crippen LogP contribution in [0.3, 0.4) is 0 Å². The summed E-state index contributed by atoms with van der Waals surface area (Å²) in [6.45, 7) is 3.47. The molecule has 3 aliphatic carbocycles. The lowest BCUT2D eigenvalue weighted by molar-refractivity contribution is -0.171. The van der Waals surface area contributed by atoms with Crippen LogP contribution in [0.5, 0.6) is 0 Å². The summed E-state index contributed by atoms with van der Waals surface area (Å²) in [7, 11) is 1.93. The molecule has 28 heavy (non-hydrogen) atoms. The van der Waals surface area contributed by atoms with E-state index in [0.717, 1.165) is 18.6 Å². The van der Waals surface area contributed by atoms with Crippen LogP contribution in [0.2, 0.25) is 0 Å². The third-order valence-corrected chi connectivity index (χ3v) is 8.51. The number of likely N-dealkylation sites (tertiary alicyclic amines) is 1. The van der Waals surface area contributed by atoms with E-state index in [4.69, 9.17) is 4.74 Å². The minimum atomic E-state index is 0. The van der Waals surface area contributed by atoms with Gasteiger partial charge in [0.1, 0.15) is 0 Å². The van der Waals surface area contributed by atoms with Crippen LogP contribution >= 0.6 is 24.0 Å². The van der Waals surface area contributed by atoms with Crippen molar-refractivity contribution in [1.82, 2.24) is 15.5 Å². The standard InChI is InChI=1S/C22H38N4O.HI/c1-23-21(25-19-18-10-15-27-20(18)22(19)11-5-12-22)24-16-8-13-26(14-9-16)17-6-3-2-4-7-17;/h16-20H,2-15H2,1H3,(H2,23,24,25);1H. The van der Waals surface area contributed by atoms with E-state index >= 15 is 0 Å².